The van der Waals surface area contributed by atoms with Crippen LogP contribution in [0.25, 0.3) is 0 Å². The highest BCUT2D eigenvalue weighted by Gasteiger charge is 2.19. The van der Waals surface area contributed by atoms with Crippen LogP contribution in [-0.2, 0) is 14.8 Å². The summed E-state index contributed by atoms with van der Waals surface area (Å²) in [6, 6.07) is 4.12. The number of aromatic carboxylic acids is 1. The van der Waals surface area contributed by atoms with Crippen LogP contribution in [0.3, 0.4) is 0 Å². The van der Waals surface area contributed by atoms with E-state index in [4.69, 9.17) is 9.84 Å². The van der Waals surface area contributed by atoms with E-state index in [1.165, 1.54) is 18.2 Å². The van der Waals surface area contributed by atoms with Gasteiger partial charge in [0.15, 0.2) is 0 Å². The second-order valence-electron chi connectivity index (χ2n) is 5.20. The lowest BCUT2D eigenvalue weighted by molar-refractivity contribution is 0.0696. The Balaban J connectivity index is 2.04. The van der Waals surface area contributed by atoms with Gasteiger partial charge in [-0.1, -0.05) is 6.07 Å². The van der Waals surface area contributed by atoms with Crippen molar-refractivity contribution in [1.29, 1.82) is 0 Å². The highest BCUT2D eigenvalue weighted by Crippen LogP contribution is 2.18. The standard InChI is InChI=1S/C14H19NO5S/c1-10-2-3-12(8-13(10)14(16)17)21(18,19)15-6-4-11-5-7-20-9-11/h2-3,8,11,15H,4-7,9H2,1H3,(H,16,17). The van der Waals surface area contributed by atoms with Gasteiger partial charge in [-0.3, -0.25) is 0 Å². The average molecular weight is 313 g/mol. The molecule has 0 aromatic heterocycles. The number of sulfonamides is 1. The van der Waals surface area contributed by atoms with Gasteiger partial charge >= 0.3 is 5.97 Å². The maximum atomic E-state index is 12.2. The molecule has 1 aromatic carbocycles. The number of rotatable bonds is 6. The first kappa shape index (κ1) is 15.9. The molecule has 0 bridgehead atoms. The molecule has 116 valence electrons. The molecule has 1 unspecified atom stereocenters. The van der Waals surface area contributed by atoms with E-state index >= 15 is 0 Å². The number of carboxylic acid groups (broad SMARTS) is 1. The molecule has 0 amide bonds. The molecular formula is C14H19NO5S. The number of ether oxygens (including phenoxy) is 1. The molecule has 21 heavy (non-hydrogen) atoms. The van der Waals surface area contributed by atoms with Gasteiger partial charge in [0.1, 0.15) is 0 Å². The molecule has 0 aliphatic carbocycles. The smallest absolute Gasteiger partial charge is 0.335 e. The fourth-order valence-corrected chi connectivity index (χ4v) is 3.36. The quantitative estimate of drug-likeness (QED) is 0.828. The normalized spacial score (nSPS) is 18.8. The Kier molecular flexibility index (Phi) is 4.97. The molecule has 6 nitrogen and oxygen atoms in total. The van der Waals surface area contributed by atoms with Crippen LogP contribution in [0.5, 0.6) is 0 Å². The Morgan fingerprint density at radius 1 is 1.48 bits per heavy atom. The number of aryl methyl sites for hydroxylation is 1. The van der Waals surface area contributed by atoms with E-state index in [0.29, 0.717) is 24.6 Å². The van der Waals surface area contributed by atoms with Crippen molar-refractivity contribution in [2.45, 2.75) is 24.7 Å². The third-order valence-corrected chi connectivity index (χ3v) is 5.08. The summed E-state index contributed by atoms with van der Waals surface area (Å²) >= 11 is 0. The average Bonchev–Trinajstić information content (AvgIpc) is 2.91. The summed E-state index contributed by atoms with van der Waals surface area (Å²) < 4.78 is 32.1. The minimum absolute atomic E-state index is 0.00191. The molecule has 0 radical (unpaired) electrons. The molecule has 1 atom stereocenters. The zero-order valence-corrected chi connectivity index (χ0v) is 12.6. The summed E-state index contributed by atoms with van der Waals surface area (Å²) in [6.45, 7) is 3.37. The molecule has 1 aliphatic rings. The second kappa shape index (κ2) is 6.55. The van der Waals surface area contributed by atoms with Crippen LogP contribution in [-0.4, -0.2) is 39.3 Å². The minimum atomic E-state index is -3.68. The Bertz CT molecular complexity index is 620. The van der Waals surface area contributed by atoms with Crippen LogP contribution in [0.4, 0.5) is 0 Å². The number of carboxylic acids is 1. The van der Waals surface area contributed by atoms with E-state index in [1.54, 1.807) is 6.92 Å². The van der Waals surface area contributed by atoms with E-state index < -0.39 is 16.0 Å². The molecule has 1 fully saturated rings. The monoisotopic (exact) mass is 313 g/mol. The van der Waals surface area contributed by atoms with Gasteiger partial charge in [0.25, 0.3) is 0 Å². The molecule has 1 saturated heterocycles. The van der Waals surface area contributed by atoms with Gasteiger partial charge in [-0.15, -0.1) is 0 Å². The second-order valence-corrected chi connectivity index (χ2v) is 6.96. The minimum Gasteiger partial charge on any atom is -0.478 e. The third-order valence-electron chi connectivity index (χ3n) is 3.62. The lowest BCUT2D eigenvalue weighted by Gasteiger charge is -2.10. The Morgan fingerprint density at radius 2 is 2.24 bits per heavy atom. The maximum absolute atomic E-state index is 12.2. The van der Waals surface area contributed by atoms with Crippen LogP contribution >= 0.6 is 0 Å². The van der Waals surface area contributed by atoms with E-state index in [9.17, 15) is 13.2 Å². The number of carbonyl (C=O) groups is 1. The number of hydrogen-bond acceptors (Lipinski definition) is 4. The molecule has 1 aromatic rings. The predicted molar refractivity (Wildman–Crippen MR) is 76.9 cm³/mol. The number of nitrogens with one attached hydrogen (secondary N) is 1. The van der Waals surface area contributed by atoms with Crippen molar-refractivity contribution in [2.24, 2.45) is 5.92 Å². The highest BCUT2D eigenvalue weighted by molar-refractivity contribution is 7.89. The first-order valence-electron chi connectivity index (χ1n) is 6.81. The summed E-state index contributed by atoms with van der Waals surface area (Å²) in [6.07, 6.45) is 1.67. The van der Waals surface area contributed by atoms with Gasteiger partial charge < -0.3 is 9.84 Å². The van der Waals surface area contributed by atoms with Crippen molar-refractivity contribution in [2.75, 3.05) is 19.8 Å². The van der Waals surface area contributed by atoms with Gasteiger partial charge in [-0.2, -0.15) is 0 Å². The van der Waals surface area contributed by atoms with Crippen molar-refractivity contribution in [3.8, 4) is 0 Å². The van der Waals surface area contributed by atoms with E-state index in [1.807, 2.05) is 0 Å². The van der Waals surface area contributed by atoms with Gasteiger partial charge in [0.05, 0.1) is 10.5 Å². The summed E-state index contributed by atoms with van der Waals surface area (Å²) in [5, 5.41) is 9.05. The maximum Gasteiger partial charge on any atom is 0.335 e. The highest BCUT2D eigenvalue weighted by atomic mass is 32.2. The SMILES string of the molecule is Cc1ccc(S(=O)(=O)NCCC2CCOC2)cc1C(=O)O. The van der Waals surface area contributed by atoms with Crippen LogP contribution in [0.1, 0.15) is 28.8 Å². The van der Waals surface area contributed by atoms with Gasteiger partial charge in [0.2, 0.25) is 10.0 Å². The topological polar surface area (TPSA) is 92.7 Å². The van der Waals surface area contributed by atoms with Crippen LogP contribution in [0, 0.1) is 12.8 Å². The molecule has 0 spiro atoms. The summed E-state index contributed by atoms with van der Waals surface area (Å²) in [5.41, 5.74) is 0.534. The zero-order valence-electron chi connectivity index (χ0n) is 11.8. The first-order chi connectivity index (χ1) is 9.90. The summed E-state index contributed by atoms with van der Waals surface area (Å²) in [7, 11) is -3.68. The lowest BCUT2D eigenvalue weighted by Crippen LogP contribution is -2.26. The molecule has 0 saturated carbocycles. The van der Waals surface area contributed by atoms with E-state index in [2.05, 4.69) is 4.72 Å². The van der Waals surface area contributed by atoms with Gasteiger partial charge in [-0.05, 0) is 43.4 Å². The van der Waals surface area contributed by atoms with E-state index in [0.717, 1.165) is 19.4 Å². The fraction of sp³-hybridized carbons (Fsp3) is 0.500. The van der Waals surface area contributed by atoms with Crippen LogP contribution in [0.2, 0.25) is 0 Å². The first-order valence-corrected chi connectivity index (χ1v) is 8.30. The predicted octanol–water partition coefficient (Wildman–Crippen LogP) is 1.40. The number of hydrogen-bond donors (Lipinski definition) is 2. The largest absolute Gasteiger partial charge is 0.478 e. The van der Waals surface area contributed by atoms with Gasteiger partial charge in [-0.25, -0.2) is 17.9 Å². The molecule has 1 heterocycles. The zero-order chi connectivity index (χ0) is 15.5. The summed E-state index contributed by atoms with van der Waals surface area (Å²) in [4.78, 5) is 11.0. The van der Waals surface area contributed by atoms with Crippen molar-refractivity contribution in [3.05, 3.63) is 29.3 Å². The third kappa shape index (κ3) is 4.03. The van der Waals surface area contributed by atoms with Crippen molar-refractivity contribution in [1.82, 2.24) is 4.72 Å². The molecular weight excluding hydrogens is 294 g/mol. The van der Waals surface area contributed by atoms with Gasteiger partial charge in [0, 0.05) is 19.8 Å². The Hall–Kier alpha value is -1.44. The Labute approximate surface area is 124 Å². The van der Waals surface area contributed by atoms with Crippen LogP contribution < -0.4 is 4.72 Å². The summed E-state index contributed by atoms with van der Waals surface area (Å²) in [5.74, 6) is -0.743. The molecule has 1 aliphatic heterocycles. The fourth-order valence-electron chi connectivity index (χ4n) is 2.29. The lowest BCUT2D eigenvalue weighted by atomic mass is 10.1. The van der Waals surface area contributed by atoms with E-state index in [-0.39, 0.29) is 10.5 Å². The molecule has 2 rings (SSSR count). The molecule has 2 N–H and O–H groups in total. The number of benzene rings is 1. The molecule has 7 heteroatoms. The van der Waals surface area contributed by atoms with Crippen molar-refractivity contribution in [3.63, 3.8) is 0 Å². The van der Waals surface area contributed by atoms with Crippen LogP contribution in [0.15, 0.2) is 23.1 Å². The Morgan fingerprint density at radius 3 is 2.86 bits per heavy atom. The van der Waals surface area contributed by atoms with Crippen molar-refractivity contribution >= 4 is 16.0 Å². The van der Waals surface area contributed by atoms with Crippen molar-refractivity contribution < 1.29 is 23.1 Å².